The van der Waals surface area contributed by atoms with Crippen molar-refractivity contribution in [2.45, 2.75) is 38.3 Å². The predicted octanol–water partition coefficient (Wildman–Crippen LogP) is 4.27. The summed E-state index contributed by atoms with van der Waals surface area (Å²) in [5.41, 5.74) is 2.25. The molecule has 2 saturated heterocycles. The van der Waals surface area contributed by atoms with E-state index in [0.717, 1.165) is 61.9 Å². The van der Waals surface area contributed by atoms with Crippen LogP contribution in [0.2, 0.25) is 5.02 Å². The largest absolute Gasteiger partial charge is 0.483 e. The second kappa shape index (κ2) is 11.0. The molecule has 5 nitrogen and oxygen atoms in total. The summed E-state index contributed by atoms with van der Waals surface area (Å²) in [4.78, 5) is 16.7. The number of hydrogen-bond donors (Lipinski definition) is 1. The number of carbonyl (C=O) groups excluding carboxylic acids is 1. The van der Waals surface area contributed by atoms with Gasteiger partial charge in [-0.15, -0.1) is 0 Å². The number of ether oxygens (including phenoxy) is 1. The van der Waals surface area contributed by atoms with Gasteiger partial charge in [-0.25, -0.2) is 0 Å². The Kier molecular flexibility index (Phi) is 7.84. The Morgan fingerprint density at radius 3 is 2.42 bits per heavy atom. The lowest BCUT2D eigenvalue weighted by molar-refractivity contribution is -0.132. The maximum atomic E-state index is 12.3. The molecule has 31 heavy (non-hydrogen) atoms. The minimum atomic E-state index is 0.0769. The average Bonchev–Trinajstić information content (AvgIpc) is 3.51. The van der Waals surface area contributed by atoms with Crippen LogP contribution in [0.1, 0.15) is 42.9 Å². The van der Waals surface area contributed by atoms with Gasteiger partial charge in [0.2, 0.25) is 0 Å². The Hall–Kier alpha value is -2.08. The topological polar surface area (TPSA) is 44.8 Å². The summed E-state index contributed by atoms with van der Waals surface area (Å²) in [5.74, 6) is 0.853. The zero-order valence-electron chi connectivity index (χ0n) is 18.1. The fourth-order valence-corrected chi connectivity index (χ4v) is 4.83. The van der Waals surface area contributed by atoms with E-state index >= 15 is 0 Å². The van der Waals surface area contributed by atoms with Crippen LogP contribution >= 0.6 is 11.6 Å². The Morgan fingerprint density at radius 1 is 0.968 bits per heavy atom. The highest BCUT2D eigenvalue weighted by Crippen LogP contribution is 2.30. The molecule has 2 aromatic rings. The van der Waals surface area contributed by atoms with E-state index in [-0.39, 0.29) is 18.6 Å². The van der Waals surface area contributed by atoms with Crippen molar-refractivity contribution in [1.29, 1.82) is 0 Å². The van der Waals surface area contributed by atoms with Crippen molar-refractivity contribution in [3.8, 4) is 5.75 Å². The number of nitrogens with one attached hydrogen (secondary N) is 1. The number of likely N-dealkylation sites (tertiary alicyclic amines) is 2. The quantitative estimate of drug-likeness (QED) is 0.631. The van der Waals surface area contributed by atoms with Gasteiger partial charge in [-0.1, -0.05) is 48.0 Å². The van der Waals surface area contributed by atoms with E-state index in [1.165, 1.54) is 18.4 Å². The Balaban J connectivity index is 1.36. The number of benzene rings is 2. The molecule has 4 rings (SSSR count). The van der Waals surface area contributed by atoms with Crippen LogP contribution in [0, 0.1) is 0 Å². The molecule has 166 valence electrons. The van der Waals surface area contributed by atoms with Gasteiger partial charge in [-0.2, -0.15) is 0 Å². The third-order valence-corrected chi connectivity index (χ3v) is 6.63. The molecule has 1 N–H and O–H groups in total. The van der Waals surface area contributed by atoms with Gasteiger partial charge in [0.1, 0.15) is 5.75 Å². The summed E-state index contributed by atoms with van der Waals surface area (Å²) in [6, 6.07) is 16.4. The molecule has 0 aromatic heterocycles. The second-order valence-corrected chi connectivity index (χ2v) is 8.80. The van der Waals surface area contributed by atoms with Crippen molar-refractivity contribution in [3.05, 3.63) is 64.7 Å². The number of halogens is 1. The summed E-state index contributed by atoms with van der Waals surface area (Å²) in [5, 5.41) is 4.44. The van der Waals surface area contributed by atoms with Crippen molar-refractivity contribution in [1.82, 2.24) is 15.1 Å². The van der Waals surface area contributed by atoms with Gasteiger partial charge >= 0.3 is 0 Å². The van der Waals surface area contributed by atoms with Crippen molar-refractivity contribution < 1.29 is 9.53 Å². The molecule has 0 bridgehead atoms. The van der Waals surface area contributed by atoms with Crippen molar-refractivity contribution in [2.24, 2.45) is 0 Å². The van der Waals surface area contributed by atoms with Gasteiger partial charge in [0.05, 0.1) is 0 Å². The zero-order chi connectivity index (χ0) is 21.5. The first kappa shape index (κ1) is 22.1. The molecule has 0 unspecified atom stereocenters. The fraction of sp³-hybridized carbons (Fsp3) is 0.480. The Bertz CT molecular complexity index is 863. The molecule has 0 radical (unpaired) electrons. The van der Waals surface area contributed by atoms with Gasteiger partial charge in [0.25, 0.3) is 5.91 Å². The van der Waals surface area contributed by atoms with Gasteiger partial charge in [0.15, 0.2) is 6.61 Å². The van der Waals surface area contributed by atoms with Crippen molar-refractivity contribution >= 4 is 17.5 Å². The number of carbonyl (C=O) groups is 1. The van der Waals surface area contributed by atoms with E-state index < -0.39 is 0 Å². The van der Waals surface area contributed by atoms with Crippen molar-refractivity contribution in [2.75, 3.05) is 39.3 Å². The minimum Gasteiger partial charge on any atom is -0.483 e. The molecule has 0 saturated carbocycles. The maximum absolute atomic E-state index is 12.3. The lowest BCUT2D eigenvalue weighted by Crippen LogP contribution is -2.34. The molecule has 2 fully saturated rings. The number of amides is 1. The van der Waals surface area contributed by atoms with Crippen LogP contribution in [-0.4, -0.2) is 55.0 Å². The van der Waals surface area contributed by atoms with Crippen LogP contribution in [0.5, 0.6) is 5.75 Å². The van der Waals surface area contributed by atoms with E-state index in [1.54, 1.807) is 0 Å². The molecule has 1 amide bonds. The molecule has 0 spiro atoms. The summed E-state index contributed by atoms with van der Waals surface area (Å²) in [6.07, 6.45) is 4.66. The molecular weight excluding hydrogens is 410 g/mol. The van der Waals surface area contributed by atoms with Crippen molar-refractivity contribution in [3.63, 3.8) is 0 Å². The van der Waals surface area contributed by atoms with E-state index in [9.17, 15) is 4.79 Å². The first-order chi connectivity index (χ1) is 15.2. The van der Waals surface area contributed by atoms with Crippen LogP contribution in [-0.2, 0) is 11.3 Å². The third-order valence-electron chi connectivity index (χ3n) is 6.28. The minimum absolute atomic E-state index is 0.0769. The smallest absolute Gasteiger partial charge is 0.260 e. The Morgan fingerprint density at radius 2 is 1.65 bits per heavy atom. The highest BCUT2D eigenvalue weighted by Gasteiger charge is 2.25. The lowest BCUT2D eigenvalue weighted by atomic mass is 10.1. The number of nitrogens with zero attached hydrogens (tertiary/aromatic N) is 2. The van der Waals surface area contributed by atoms with Gasteiger partial charge < -0.3 is 15.0 Å². The van der Waals surface area contributed by atoms with E-state index in [4.69, 9.17) is 16.3 Å². The first-order valence-corrected chi connectivity index (χ1v) is 11.8. The normalized spacial score (nSPS) is 17.8. The second-order valence-electron chi connectivity index (χ2n) is 8.40. The molecule has 1 atom stereocenters. The molecule has 2 aromatic carbocycles. The molecular formula is C25H32ClN3O2. The van der Waals surface area contributed by atoms with Gasteiger partial charge in [0, 0.05) is 42.8 Å². The molecule has 2 aliphatic heterocycles. The highest BCUT2D eigenvalue weighted by atomic mass is 35.5. The maximum Gasteiger partial charge on any atom is 0.260 e. The monoisotopic (exact) mass is 441 g/mol. The summed E-state index contributed by atoms with van der Waals surface area (Å²) < 4.78 is 5.91. The molecule has 2 heterocycles. The van der Waals surface area contributed by atoms with Crippen LogP contribution in [0.3, 0.4) is 0 Å². The summed E-state index contributed by atoms with van der Waals surface area (Å²) >= 11 is 6.53. The summed E-state index contributed by atoms with van der Waals surface area (Å²) in [7, 11) is 0. The number of hydrogen-bond acceptors (Lipinski definition) is 4. The molecule has 0 aliphatic carbocycles. The molecule has 2 aliphatic rings. The standard InChI is InChI=1S/C25H32ClN3O2/c26-22-11-3-2-10-21(22)23(28-13-5-6-14-28)18-27-17-20-9-1-4-12-24(20)31-19-25(30)29-15-7-8-16-29/h1-4,9-12,23,27H,5-8,13-19H2/t23-/m0/s1. The molecule has 6 heteroatoms. The highest BCUT2D eigenvalue weighted by molar-refractivity contribution is 6.31. The Labute approximate surface area is 190 Å². The van der Waals surface area contributed by atoms with Crippen LogP contribution in [0.25, 0.3) is 0 Å². The van der Waals surface area contributed by atoms with Gasteiger partial charge in [-0.3, -0.25) is 9.69 Å². The first-order valence-electron chi connectivity index (χ1n) is 11.4. The third kappa shape index (κ3) is 5.79. The SMILES string of the molecule is O=C(COc1ccccc1CNC[C@@H](c1ccccc1Cl)N1CCCC1)N1CCCC1. The van der Waals surface area contributed by atoms with E-state index in [1.807, 2.05) is 35.2 Å². The number of para-hydroxylation sites is 1. The zero-order valence-corrected chi connectivity index (χ0v) is 18.8. The lowest BCUT2D eigenvalue weighted by Gasteiger charge is -2.29. The van der Waals surface area contributed by atoms with Crippen LogP contribution in [0.4, 0.5) is 0 Å². The predicted molar refractivity (Wildman–Crippen MR) is 124 cm³/mol. The van der Waals surface area contributed by atoms with Crippen LogP contribution in [0.15, 0.2) is 48.5 Å². The fourth-order valence-electron chi connectivity index (χ4n) is 4.57. The van der Waals surface area contributed by atoms with E-state index in [2.05, 4.69) is 28.4 Å². The average molecular weight is 442 g/mol. The van der Waals surface area contributed by atoms with E-state index in [0.29, 0.717) is 6.54 Å². The number of rotatable bonds is 9. The summed E-state index contributed by atoms with van der Waals surface area (Å²) in [6.45, 7) is 5.52. The van der Waals surface area contributed by atoms with Crippen LogP contribution < -0.4 is 10.1 Å². The van der Waals surface area contributed by atoms with Gasteiger partial charge in [-0.05, 0) is 56.5 Å².